The van der Waals surface area contributed by atoms with Crippen LogP contribution in [0.15, 0.2) is 0 Å². The van der Waals surface area contributed by atoms with E-state index in [0.717, 1.165) is 0 Å². The monoisotopic (exact) mass is 210 g/mol. The van der Waals surface area contributed by atoms with Crippen molar-refractivity contribution in [1.82, 2.24) is 10.2 Å². The molecule has 4 heteroatoms. The minimum atomic E-state index is 0.0900. The average Bonchev–Trinajstić information content (AvgIpc) is 2.16. The third-order valence-electron chi connectivity index (χ3n) is 2.28. The van der Waals surface area contributed by atoms with Gasteiger partial charge in [-0.25, -0.2) is 0 Å². The molecule has 0 aromatic rings. The molecule has 1 aliphatic heterocycles. The lowest BCUT2D eigenvalue weighted by atomic mass is 10.2. The first-order chi connectivity index (χ1) is 7.13. The Labute approximate surface area is 91.0 Å². The molecule has 0 aliphatic carbocycles. The van der Waals surface area contributed by atoms with E-state index in [1.54, 1.807) is 0 Å². The first-order valence-electron chi connectivity index (χ1n) is 5.21. The standard InChI is InChI=1S/C11H18N2O2/c1-4-5-12-6-11(14)13-7-9(2)15-10(3)8-13/h1,9-10,12H,5-8H2,2-3H3. The minimum Gasteiger partial charge on any atom is -0.372 e. The molecule has 4 nitrogen and oxygen atoms in total. The molecule has 1 aliphatic rings. The van der Waals surface area contributed by atoms with Crippen LogP contribution in [0.3, 0.4) is 0 Å². The maximum Gasteiger partial charge on any atom is 0.236 e. The molecule has 1 fully saturated rings. The Kier molecular flexibility index (Phi) is 4.60. The molecule has 1 N–H and O–H groups in total. The zero-order valence-electron chi connectivity index (χ0n) is 9.32. The van der Waals surface area contributed by atoms with Crippen LogP contribution in [0.25, 0.3) is 0 Å². The van der Waals surface area contributed by atoms with Crippen LogP contribution in [0.1, 0.15) is 13.8 Å². The molecular weight excluding hydrogens is 192 g/mol. The molecule has 1 heterocycles. The van der Waals surface area contributed by atoms with Gasteiger partial charge in [-0.05, 0) is 13.8 Å². The number of rotatable bonds is 3. The van der Waals surface area contributed by atoms with Gasteiger partial charge in [0.15, 0.2) is 0 Å². The highest BCUT2D eigenvalue weighted by atomic mass is 16.5. The van der Waals surface area contributed by atoms with E-state index in [9.17, 15) is 4.79 Å². The second-order valence-electron chi connectivity index (χ2n) is 3.86. The quantitative estimate of drug-likeness (QED) is 0.520. The highest BCUT2D eigenvalue weighted by Crippen LogP contribution is 2.10. The van der Waals surface area contributed by atoms with E-state index < -0.39 is 0 Å². The first-order valence-corrected chi connectivity index (χ1v) is 5.21. The van der Waals surface area contributed by atoms with E-state index in [1.807, 2.05) is 18.7 Å². The van der Waals surface area contributed by atoms with Gasteiger partial charge in [0.2, 0.25) is 5.91 Å². The van der Waals surface area contributed by atoms with Gasteiger partial charge >= 0.3 is 0 Å². The number of nitrogens with zero attached hydrogens (tertiary/aromatic N) is 1. The maximum absolute atomic E-state index is 11.7. The third-order valence-corrected chi connectivity index (χ3v) is 2.28. The second-order valence-corrected chi connectivity index (χ2v) is 3.86. The molecule has 15 heavy (non-hydrogen) atoms. The predicted octanol–water partition coefficient (Wildman–Crippen LogP) is -0.155. The molecule has 0 radical (unpaired) electrons. The van der Waals surface area contributed by atoms with Crippen molar-refractivity contribution in [3.63, 3.8) is 0 Å². The Balaban J connectivity index is 2.35. The zero-order chi connectivity index (χ0) is 11.3. The lowest BCUT2D eigenvalue weighted by Crippen LogP contribution is -2.50. The van der Waals surface area contributed by atoms with Crippen LogP contribution in [0.2, 0.25) is 0 Å². The number of amides is 1. The molecule has 1 saturated heterocycles. The molecule has 2 unspecified atom stereocenters. The summed E-state index contributed by atoms with van der Waals surface area (Å²) < 4.78 is 5.55. The summed E-state index contributed by atoms with van der Waals surface area (Å²) in [6.07, 6.45) is 5.31. The van der Waals surface area contributed by atoms with E-state index in [4.69, 9.17) is 11.2 Å². The Morgan fingerprint density at radius 2 is 2.13 bits per heavy atom. The van der Waals surface area contributed by atoms with Gasteiger partial charge in [0.25, 0.3) is 0 Å². The minimum absolute atomic E-state index is 0.0900. The fraction of sp³-hybridized carbons (Fsp3) is 0.727. The number of ether oxygens (including phenoxy) is 1. The number of hydrogen-bond donors (Lipinski definition) is 1. The van der Waals surface area contributed by atoms with Crippen molar-refractivity contribution in [2.75, 3.05) is 26.2 Å². The first kappa shape index (κ1) is 12.0. The summed E-state index contributed by atoms with van der Waals surface area (Å²) in [6, 6.07) is 0. The topological polar surface area (TPSA) is 41.6 Å². The molecule has 0 spiro atoms. The van der Waals surface area contributed by atoms with Gasteiger partial charge in [-0.1, -0.05) is 5.92 Å². The SMILES string of the molecule is C#CCNCC(=O)N1CC(C)OC(C)C1. The van der Waals surface area contributed by atoms with Gasteiger partial charge in [-0.2, -0.15) is 0 Å². The number of carbonyl (C=O) groups is 1. The van der Waals surface area contributed by atoms with Crippen molar-refractivity contribution in [2.45, 2.75) is 26.1 Å². The lowest BCUT2D eigenvalue weighted by molar-refractivity contribution is -0.142. The Morgan fingerprint density at radius 1 is 1.53 bits per heavy atom. The Hall–Kier alpha value is -1.05. The lowest BCUT2D eigenvalue weighted by Gasteiger charge is -2.35. The molecule has 0 aromatic carbocycles. The van der Waals surface area contributed by atoms with Crippen molar-refractivity contribution in [1.29, 1.82) is 0 Å². The number of morpholine rings is 1. The highest BCUT2D eigenvalue weighted by molar-refractivity contribution is 5.78. The van der Waals surface area contributed by atoms with E-state index in [0.29, 0.717) is 26.2 Å². The van der Waals surface area contributed by atoms with E-state index in [-0.39, 0.29) is 18.1 Å². The largest absolute Gasteiger partial charge is 0.372 e. The molecule has 1 rings (SSSR count). The van der Waals surface area contributed by atoms with Gasteiger partial charge in [0, 0.05) is 13.1 Å². The summed E-state index contributed by atoms with van der Waals surface area (Å²) in [4.78, 5) is 13.5. The molecule has 1 amide bonds. The fourth-order valence-corrected chi connectivity index (χ4v) is 1.73. The predicted molar refractivity (Wildman–Crippen MR) is 58.3 cm³/mol. The summed E-state index contributed by atoms with van der Waals surface area (Å²) in [5.74, 6) is 2.53. The van der Waals surface area contributed by atoms with Crippen molar-refractivity contribution in [3.05, 3.63) is 0 Å². The van der Waals surface area contributed by atoms with Gasteiger partial charge in [-0.3, -0.25) is 10.1 Å². The molecular formula is C11H18N2O2. The number of hydrogen-bond acceptors (Lipinski definition) is 3. The van der Waals surface area contributed by atoms with Crippen molar-refractivity contribution < 1.29 is 9.53 Å². The second kappa shape index (κ2) is 5.74. The smallest absolute Gasteiger partial charge is 0.236 e. The van der Waals surface area contributed by atoms with Crippen LogP contribution in [-0.4, -0.2) is 49.2 Å². The zero-order valence-corrected chi connectivity index (χ0v) is 9.32. The van der Waals surface area contributed by atoms with Crippen LogP contribution in [0.5, 0.6) is 0 Å². The summed E-state index contributed by atoms with van der Waals surface area (Å²) in [7, 11) is 0. The normalized spacial score (nSPS) is 26.1. The molecule has 0 saturated carbocycles. The van der Waals surface area contributed by atoms with Crippen molar-refractivity contribution in [3.8, 4) is 12.3 Å². The number of terminal acetylenes is 1. The van der Waals surface area contributed by atoms with Crippen LogP contribution >= 0.6 is 0 Å². The molecule has 0 bridgehead atoms. The Bertz CT molecular complexity index is 250. The highest BCUT2D eigenvalue weighted by Gasteiger charge is 2.25. The van der Waals surface area contributed by atoms with E-state index in [1.165, 1.54) is 0 Å². The Morgan fingerprint density at radius 3 is 2.67 bits per heavy atom. The van der Waals surface area contributed by atoms with Crippen molar-refractivity contribution >= 4 is 5.91 Å². The molecule has 2 atom stereocenters. The summed E-state index contributed by atoms with van der Waals surface area (Å²) in [6.45, 7) is 6.03. The van der Waals surface area contributed by atoms with E-state index in [2.05, 4.69) is 11.2 Å². The van der Waals surface area contributed by atoms with Crippen LogP contribution < -0.4 is 5.32 Å². The van der Waals surface area contributed by atoms with Gasteiger partial charge in [0.1, 0.15) is 0 Å². The summed E-state index contributed by atoms with van der Waals surface area (Å²) in [5, 5.41) is 2.89. The maximum atomic E-state index is 11.7. The summed E-state index contributed by atoms with van der Waals surface area (Å²) >= 11 is 0. The van der Waals surface area contributed by atoms with Gasteiger partial charge < -0.3 is 9.64 Å². The number of carbonyl (C=O) groups excluding carboxylic acids is 1. The van der Waals surface area contributed by atoms with Crippen LogP contribution in [-0.2, 0) is 9.53 Å². The third kappa shape index (κ3) is 3.90. The van der Waals surface area contributed by atoms with E-state index >= 15 is 0 Å². The van der Waals surface area contributed by atoms with Gasteiger partial charge in [-0.15, -0.1) is 6.42 Å². The number of nitrogens with one attached hydrogen (secondary N) is 1. The molecule has 0 aromatic heterocycles. The summed E-state index contributed by atoms with van der Waals surface area (Å²) in [5.41, 5.74) is 0. The fourth-order valence-electron chi connectivity index (χ4n) is 1.73. The average molecular weight is 210 g/mol. The van der Waals surface area contributed by atoms with Crippen LogP contribution in [0, 0.1) is 12.3 Å². The van der Waals surface area contributed by atoms with Crippen LogP contribution in [0.4, 0.5) is 0 Å². The van der Waals surface area contributed by atoms with Gasteiger partial charge in [0.05, 0.1) is 25.3 Å². The van der Waals surface area contributed by atoms with Crippen molar-refractivity contribution in [2.24, 2.45) is 0 Å². The molecule has 84 valence electrons.